The number of carboxylic acids is 1. The van der Waals surface area contributed by atoms with E-state index < -0.39 is 20.7 Å². The Kier molecular flexibility index (Phi) is 8.58. The van der Waals surface area contributed by atoms with Gasteiger partial charge in [-0.05, 0) is 47.7 Å². The maximum Gasteiger partial charge on any atom is 0.322 e. The number of unbranched alkanes of at least 4 members (excludes halogenated alkanes) is 1. The number of hydrogen-bond donors (Lipinski definition) is 3. The zero-order chi connectivity index (χ0) is 25.5. The van der Waals surface area contributed by atoms with Crippen molar-refractivity contribution in [1.82, 2.24) is 9.97 Å². The van der Waals surface area contributed by atoms with Crippen molar-refractivity contribution in [1.29, 1.82) is 0 Å². The molecule has 0 spiro atoms. The Morgan fingerprint density at radius 2 is 1.86 bits per heavy atom. The Bertz CT molecular complexity index is 1230. The van der Waals surface area contributed by atoms with Crippen molar-refractivity contribution < 1.29 is 18.3 Å². The van der Waals surface area contributed by atoms with Gasteiger partial charge in [0, 0.05) is 12.6 Å². The van der Waals surface area contributed by atoms with E-state index in [-0.39, 0.29) is 29.5 Å². The van der Waals surface area contributed by atoms with Gasteiger partial charge in [0.1, 0.15) is 12.4 Å². The van der Waals surface area contributed by atoms with Crippen molar-refractivity contribution in [3.8, 4) is 0 Å². The number of aromatic nitrogens is 2. The zero-order valence-corrected chi connectivity index (χ0v) is 20.8. The monoisotopic (exact) mass is 496 g/mol. The number of benzene rings is 1. The average Bonchev–Trinajstić information content (AvgIpc) is 2.87. The number of nitrogens with one attached hydrogen (secondary N) is 1. The van der Waals surface area contributed by atoms with Gasteiger partial charge in [0.25, 0.3) is 0 Å². The van der Waals surface area contributed by atoms with E-state index in [1.165, 1.54) is 23.9 Å². The summed E-state index contributed by atoms with van der Waals surface area (Å²) in [6.07, 6.45) is 4.74. The van der Waals surface area contributed by atoms with Gasteiger partial charge in [-0.25, -0.2) is 18.4 Å². The van der Waals surface area contributed by atoms with Crippen LogP contribution in [0.25, 0.3) is 0 Å². The molecule has 2 atom stereocenters. The Balaban J connectivity index is 2.01. The number of pyridine rings is 2. The molecule has 0 aliphatic rings. The summed E-state index contributed by atoms with van der Waals surface area (Å²) in [7, 11) is -4.18. The SMILES string of the molecule is CCCCC(C)c1ccc(CC(N)(c2cccc(NCC(=O)O)n2)S(=O)(=O)c2ccccn2)cc1. The number of nitrogens with zero attached hydrogens (tertiary/aromatic N) is 2. The fourth-order valence-corrected chi connectivity index (χ4v) is 5.47. The highest BCUT2D eigenvalue weighted by molar-refractivity contribution is 7.92. The van der Waals surface area contributed by atoms with E-state index in [2.05, 4.69) is 29.1 Å². The lowest BCUT2D eigenvalue weighted by atomic mass is 9.93. The van der Waals surface area contributed by atoms with Gasteiger partial charge >= 0.3 is 5.97 Å². The van der Waals surface area contributed by atoms with Gasteiger partial charge < -0.3 is 16.2 Å². The number of anilines is 1. The third kappa shape index (κ3) is 6.23. The lowest BCUT2D eigenvalue weighted by Gasteiger charge is -2.29. The second-order valence-electron chi connectivity index (χ2n) is 8.68. The number of carboxylic acid groups (broad SMARTS) is 1. The molecule has 0 fully saturated rings. The molecule has 0 aliphatic heterocycles. The van der Waals surface area contributed by atoms with Gasteiger partial charge in [-0.15, -0.1) is 0 Å². The van der Waals surface area contributed by atoms with Crippen molar-refractivity contribution in [2.75, 3.05) is 11.9 Å². The summed E-state index contributed by atoms with van der Waals surface area (Å²) < 4.78 is 27.6. The molecule has 0 saturated carbocycles. The molecule has 0 bridgehead atoms. The molecular weight excluding hydrogens is 464 g/mol. The van der Waals surface area contributed by atoms with Crippen LogP contribution in [0.3, 0.4) is 0 Å². The second kappa shape index (κ2) is 11.4. The summed E-state index contributed by atoms with van der Waals surface area (Å²) in [6, 6.07) is 17.2. The topological polar surface area (TPSA) is 135 Å². The van der Waals surface area contributed by atoms with E-state index in [1.807, 2.05) is 24.3 Å². The van der Waals surface area contributed by atoms with Crippen LogP contribution in [-0.4, -0.2) is 36.0 Å². The van der Waals surface area contributed by atoms with Gasteiger partial charge in [-0.1, -0.05) is 63.1 Å². The van der Waals surface area contributed by atoms with E-state index in [0.717, 1.165) is 24.8 Å². The average molecular weight is 497 g/mol. The number of nitrogens with two attached hydrogens (primary N) is 1. The fraction of sp³-hybridized carbons (Fsp3) is 0.346. The Hall–Kier alpha value is -3.30. The normalized spacial score (nSPS) is 14.1. The molecule has 0 amide bonds. The first-order chi connectivity index (χ1) is 16.7. The van der Waals surface area contributed by atoms with Crippen LogP contribution in [-0.2, 0) is 25.9 Å². The smallest absolute Gasteiger partial charge is 0.322 e. The first-order valence-electron chi connectivity index (χ1n) is 11.6. The predicted molar refractivity (Wildman–Crippen MR) is 136 cm³/mol. The second-order valence-corrected chi connectivity index (χ2v) is 10.8. The summed E-state index contributed by atoms with van der Waals surface area (Å²) in [5.74, 6) is -0.441. The van der Waals surface area contributed by atoms with Crippen molar-refractivity contribution in [3.63, 3.8) is 0 Å². The van der Waals surface area contributed by atoms with Gasteiger partial charge in [0.05, 0.1) is 5.69 Å². The lowest BCUT2D eigenvalue weighted by molar-refractivity contribution is -0.134. The molecule has 35 heavy (non-hydrogen) atoms. The van der Waals surface area contributed by atoms with Crippen LogP contribution in [0.15, 0.2) is 71.9 Å². The number of rotatable bonds is 12. The van der Waals surface area contributed by atoms with E-state index >= 15 is 0 Å². The summed E-state index contributed by atoms with van der Waals surface area (Å²) >= 11 is 0. The van der Waals surface area contributed by atoms with Crippen LogP contribution < -0.4 is 11.1 Å². The van der Waals surface area contributed by atoms with Crippen LogP contribution in [0.4, 0.5) is 5.82 Å². The van der Waals surface area contributed by atoms with E-state index in [9.17, 15) is 13.2 Å². The van der Waals surface area contributed by atoms with Crippen molar-refractivity contribution in [2.45, 2.75) is 55.3 Å². The van der Waals surface area contributed by atoms with Crippen LogP contribution in [0.1, 0.15) is 55.8 Å². The number of sulfone groups is 1. The zero-order valence-electron chi connectivity index (χ0n) is 20.0. The first-order valence-corrected chi connectivity index (χ1v) is 13.1. The van der Waals surface area contributed by atoms with Crippen molar-refractivity contribution in [3.05, 3.63) is 83.7 Å². The van der Waals surface area contributed by atoms with E-state index in [4.69, 9.17) is 10.8 Å². The van der Waals surface area contributed by atoms with Crippen LogP contribution in [0, 0.1) is 0 Å². The molecule has 2 unspecified atom stereocenters. The maximum absolute atomic E-state index is 13.8. The van der Waals surface area contributed by atoms with Gasteiger partial charge in [0.2, 0.25) is 9.84 Å². The molecule has 2 aromatic heterocycles. The summed E-state index contributed by atoms with van der Waals surface area (Å²) in [5.41, 5.74) is 8.74. The third-order valence-electron chi connectivity index (χ3n) is 6.00. The van der Waals surface area contributed by atoms with Gasteiger partial charge in [-0.3, -0.25) is 4.79 Å². The molecule has 1 aromatic carbocycles. The minimum atomic E-state index is -4.18. The number of carbonyl (C=O) groups is 1. The molecule has 186 valence electrons. The minimum absolute atomic E-state index is 0.0368. The molecule has 9 heteroatoms. The van der Waals surface area contributed by atoms with E-state index in [0.29, 0.717) is 5.92 Å². The molecular formula is C26H32N4O4S. The third-order valence-corrected chi connectivity index (χ3v) is 8.11. The van der Waals surface area contributed by atoms with Gasteiger partial charge in [0.15, 0.2) is 9.90 Å². The maximum atomic E-state index is 13.8. The highest BCUT2D eigenvalue weighted by Gasteiger charge is 2.45. The molecule has 4 N–H and O–H groups in total. The lowest BCUT2D eigenvalue weighted by Crippen LogP contribution is -2.47. The van der Waals surface area contributed by atoms with Crippen LogP contribution in [0.5, 0.6) is 0 Å². The Labute approximate surface area is 206 Å². The fourth-order valence-electron chi connectivity index (χ4n) is 3.90. The largest absolute Gasteiger partial charge is 0.480 e. The highest BCUT2D eigenvalue weighted by atomic mass is 32.2. The number of aliphatic carboxylic acids is 1. The highest BCUT2D eigenvalue weighted by Crippen LogP contribution is 2.33. The summed E-state index contributed by atoms with van der Waals surface area (Å²) in [4.78, 5) is 17.4. The quantitative estimate of drug-likeness (QED) is 0.341. The summed E-state index contributed by atoms with van der Waals surface area (Å²) in [5, 5.41) is 11.5. The molecule has 0 aliphatic carbocycles. The van der Waals surface area contributed by atoms with Gasteiger partial charge in [-0.2, -0.15) is 0 Å². The van der Waals surface area contributed by atoms with Crippen molar-refractivity contribution >= 4 is 21.6 Å². The molecule has 0 saturated heterocycles. The Morgan fingerprint density at radius 3 is 2.49 bits per heavy atom. The molecule has 2 heterocycles. The molecule has 3 aromatic rings. The first kappa shape index (κ1) is 26.3. The minimum Gasteiger partial charge on any atom is -0.480 e. The van der Waals surface area contributed by atoms with E-state index in [1.54, 1.807) is 24.3 Å². The standard InChI is InChI=1S/C26H32N4O4S/c1-3-4-8-19(2)21-14-12-20(13-15-21)17-26(27,35(33,34)24-11-5-6-16-28-24)22-9-7-10-23(30-22)29-18-25(31)32/h5-7,9-16,19H,3-4,8,17-18,27H2,1-2H3,(H,29,30)(H,31,32). The molecule has 0 radical (unpaired) electrons. The Morgan fingerprint density at radius 1 is 1.11 bits per heavy atom. The predicted octanol–water partition coefficient (Wildman–Crippen LogP) is 4.09. The van der Waals surface area contributed by atoms with Crippen molar-refractivity contribution in [2.24, 2.45) is 5.73 Å². The molecule has 3 rings (SSSR count). The summed E-state index contributed by atoms with van der Waals surface area (Å²) in [6.45, 7) is 3.99. The van der Waals surface area contributed by atoms with Crippen LogP contribution >= 0.6 is 0 Å². The van der Waals surface area contributed by atoms with Crippen LogP contribution in [0.2, 0.25) is 0 Å². The molecule has 8 nitrogen and oxygen atoms in total. The number of hydrogen-bond acceptors (Lipinski definition) is 7.